The van der Waals surface area contributed by atoms with Crippen molar-refractivity contribution in [3.05, 3.63) is 48.6 Å². The summed E-state index contributed by atoms with van der Waals surface area (Å²) >= 11 is 0. The Morgan fingerprint density at radius 3 is 1.59 bits per heavy atom. The van der Waals surface area contributed by atoms with Crippen LogP contribution in [0.3, 0.4) is 0 Å². The summed E-state index contributed by atoms with van der Waals surface area (Å²) in [6, 6.07) is -0.709. The van der Waals surface area contributed by atoms with Gasteiger partial charge in [-0.3, -0.25) is 9.59 Å². The minimum absolute atomic E-state index is 0.0514. The largest absolute Gasteiger partial charge is 0.462 e. The van der Waals surface area contributed by atoms with Crippen molar-refractivity contribution >= 4 is 11.9 Å². The first-order valence-electron chi connectivity index (χ1n) is 22.9. The Hall–Kier alpha value is -2.18. The minimum Gasteiger partial charge on any atom is -0.462 e. The molecule has 0 aromatic rings. The molecule has 54 heavy (non-hydrogen) atoms. The first kappa shape index (κ1) is 51.8. The number of nitrogens with one attached hydrogen (secondary N) is 1. The van der Waals surface area contributed by atoms with E-state index >= 15 is 0 Å². The van der Waals surface area contributed by atoms with Crippen LogP contribution in [-0.2, 0) is 14.3 Å². The Morgan fingerprint density at radius 2 is 1.04 bits per heavy atom. The van der Waals surface area contributed by atoms with Gasteiger partial charge in [0.15, 0.2) is 0 Å². The molecular formula is C48H87NO5. The molecule has 0 radical (unpaired) electrons. The number of hydrogen-bond donors (Lipinski definition) is 3. The Morgan fingerprint density at radius 1 is 0.556 bits per heavy atom. The number of aliphatic hydroxyl groups excluding tert-OH is 2. The van der Waals surface area contributed by atoms with Gasteiger partial charge in [0.05, 0.1) is 25.2 Å². The number of esters is 1. The fourth-order valence-corrected chi connectivity index (χ4v) is 6.72. The van der Waals surface area contributed by atoms with E-state index in [4.69, 9.17) is 4.74 Å². The molecule has 0 saturated carbocycles. The van der Waals surface area contributed by atoms with Gasteiger partial charge in [0.2, 0.25) is 5.91 Å². The van der Waals surface area contributed by atoms with Crippen molar-refractivity contribution < 1.29 is 24.5 Å². The Kier molecular flexibility index (Phi) is 40.3. The van der Waals surface area contributed by atoms with Gasteiger partial charge in [-0.15, -0.1) is 0 Å². The standard InChI is InChI=1S/C48H87NO5/c1-4-7-10-13-16-19-21-22-23-24-26-29-32-35-38-41-48(53)54-44(39-36-33-30-28-25-20-17-14-11-8-5-2)42-47(52)49-45(43-50)46(51)40-37-34-31-27-18-15-12-9-6-3/h7,10,13,16,19,21,28,30,44-46,50-51H,4-6,8-9,11-12,14-15,17-18,20,22-27,29,31-43H2,1-3H3,(H,49,52)/b10-7+,16-13+,21-19+,30-28-. The summed E-state index contributed by atoms with van der Waals surface area (Å²) in [7, 11) is 0. The zero-order valence-electron chi connectivity index (χ0n) is 35.6. The molecule has 0 aromatic heterocycles. The van der Waals surface area contributed by atoms with Crippen molar-refractivity contribution in [2.24, 2.45) is 0 Å². The van der Waals surface area contributed by atoms with Gasteiger partial charge in [0.1, 0.15) is 6.10 Å². The molecule has 0 fully saturated rings. The van der Waals surface area contributed by atoms with E-state index in [0.29, 0.717) is 19.3 Å². The molecule has 3 N–H and O–H groups in total. The monoisotopic (exact) mass is 758 g/mol. The molecule has 0 bridgehead atoms. The Balaban J connectivity index is 4.62. The molecule has 0 aromatic carbocycles. The lowest BCUT2D eigenvalue weighted by molar-refractivity contribution is -0.151. The summed E-state index contributed by atoms with van der Waals surface area (Å²) in [5.41, 5.74) is 0. The lowest BCUT2D eigenvalue weighted by Crippen LogP contribution is -2.46. The maximum Gasteiger partial charge on any atom is 0.306 e. The van der Waals surface area contributed by atoms with Crippen LogP contribution < -0.4 is 5.32 Å². The fraction of sp³-hybridized carbons (Fsp3) is 0.792. The number of ether oxygens (including phenoxy) is 1. The molecular weight excluding hydrogens is 671 g/mol. The van der Waals surface area contributed by atoms with Crippen LogP contribution in [0.5, 0.6) is 0 Å². The van der Waals surface area contributed by atoms with E-state index in [-0.39, 0.29) is 24.9 Å². The van der Waals surface area contributed by atoms with Crippen molar-refractivity contribution in [3.8, 4) is 0 Å². The molecule has 0 aliphatic carbocycles. The highest BCUT2D eigenvalue weighted by Crippen LogP contribution is 2.16. The van der Waals surface area contributed by atoms with Crippen molar-refractivity contribution in [2.75, 3.05) is 6.61 Å². The molecule has 0 aliphatic rings. The van der Waals surface area contributed by atoms with Gasteiger partial charge in [-0.2, -0.15) is 0 Å². The van der Waals surface area contributed by atoms with E-state index in [1.165, 1.54) is 103 Å². The summed E-state index contributed by atoms with van der Waals surface area (Å²) in [4.78, 5) is 25.9. The topological polar surface area (TPSA) is 95.9 Å². The second-order valence-electron chi connectivity index (χ2n) is 15.5. The van der Waals surface area contributed by atoms with Crippen LogP contribution >= 0.6 is 0 Å². The van der Waals surface area contributed by atoms with E-state index in [0.717, 1.165) is 70.6 Å². The van der Waals surface area contributed by atoms with Crippen LogP contribution in [0.1, 0.15) is 220 Å². The summed E-state index contributed by atoms with van der Waals surface area (Å²) in [5.74, 6) is -0.519. The number of hydrogen-bond acceptors (Lipinski definition) is 5. The average molecular weight is 758 g/mol. The van der Waals surface area contributed by atoms with Crippen LogP contribution in [0.25, 0.3) is 0 Å². The van der Waals surface area contributed by atoms with E-state index < -0.39 is 18.2 Å². The predicted molar refractivity (Wildman–Crippen MR) is 232 cm³/mol. The molecule has 3 unspecified atom stereocenters. The molecule has 0 heterocycles. The van der Waals surface area contributed by atoms with Crippen molar-refractivity contribution in [3.63, 3.8) is 0 Å². The highest BCUT2D eigenvalue weighted by Gasteiger charge is 2.24. The van der Waals surface area contributed by atoms with Crippen LogP contribution in [0.4, 0.5) is 0 Å². The van der Waals surface area contributed by atoms with Gasteiger partial charge >= 0.3 is 5.97 Å². The fourth-order valence-electron chi connectivity index (χ4n) is 6.72. The molecule has 6 nitrogen and oxygen atoms in total. The lowest BCUT2D eigenvalue weighted by Gasteiger charge is -2.24. The molecule has 314 valence electrons. The Bertz CT molecular complexity index is 941. The zero-order valence-corrected chi connectivity index (χ0v) is 35.6. The Labute approximate surface area is 334 Å². The number of allylic oxidation sites excluding steroid dienone is 8. The summed E-state index contributed by atoms with van der Waals surface area (Å²) in [6.45, 7) is 6.30. The third kappa shape index (κ3) is 36.8. The molecule has 6 heteroatoms. The van der Waals surface area contributed by atoms with Crippen LogP contribution in [-0.4, -0.2) is 46.9 Å². The second-order valence-corrected chi connectivity index (χ2v) is 15.5. The number of amides is 1. The van der Waals surface area contributed by atoms with Gasteiger partial charge in [0.25, 0.3) is 0 Å². The first-order valence-corrected chi connectivity index (χ1v) is 22.9. The maximum absolute atomic E-state index is 13.1. The van der Waals surface area contributed by atoms with Crippen LogP contribution in [0.15, 0.2) is 48.6 Å². The lowest BCUT2D eigenvalue weighted by atomic mass is 10.0. The molecule has 1 amide bonds. The van der Waals surface area contributed by atoms with E-state index in [1.54, 1.807) is 0 Å². The minimum atomic E-state index is -0.793. The highest BCUT2D eigenvalue weighted by molar-refractivity contribution is 5.77. The molecule has 0 rings (SSSR count). The first-order chi connectivity index (χ1) is 26.5. The van der Waals surface area contributed by atoms with Crippen molar-refractivity contribution in [1.82, 2.24) is 5.32 Å². The SMILES string of the molecule is CC/C=C/C=C/C=C/CCCCCCCCCC(=O)OC(CCC/C=C\CCCCCCCC)CC(=O)NC(CO)C(O)CCCCCCCCCCC. The second kappa shape index (κ2) is 42.0. The van der Waals surface area contributed by atoms with Crippen molar-refractivity contribution in [1.29, 1.82) is 0 Å². The number of carbonyl (C=O) groups excluding carboxylic acids is 2. The maximum atomic E-state index is 13.1. The van der Waals surface area contributed by atoms with E-state index in [2.05, 4.69) is 74.7 Å². The zero-order chi connectivity index (χ0) is 39.6. The summed E-state index contributed by atoms with van der Waals surface area (Å²) < 4.78 is 5.88. The average Bonchev–Trinajstić information content (AvgIpc) is 3.16. The van der Waals surface area contributed by atoms with Gasteiger partial charge in [-0.1, -0.05) is 191 Å². The highest BCUT2D eigenvalue weighted by atomic mass is 16.5. The third-order valence-electron chi connectivity index (χ3n) is 10.2. The normalized spacial score (nSPS) is 13.8. The summed E-state index contributed by atoms with van der Waals surface area (Å²) in [6.07, 6.45) is 48.9. The number of unbranched alkanes of at least 4 members (excludes halogenated alkanes) is 22. The van der Waals surface area contributed by atoms with E-state index in [9.17, 15) is 19.8 Å². The van der Waals surface area contributed by atoms with E-state index in [1.807, 2.05) is 0 Å². The number of rotatable bonds is 40. The third-order valence-corrected chi connectivity index (χ3v) is 10.2. The molecule has 3 atom stereocenters. The number of aliphatic hydroxyl groups is 2. The van der Waals surface area contributed by atoms with Crippen molar-refractivity contribution in [2.45, 2.75) is 238 Å². The van der Waals surface area contributed by atoms with Crippen LogP contribution in [0.2, 0.25) is 0 Å². The van der Waals surface area contributed by atoms with Gasteiger partial charge in [-0.05, 0) is 64.2 Å². The van der Waals surface area contributed by atoms with Crippen LogP contribution in [0, 0.1) is 0 Å². The molecule has 0 spiro atoms. The smallest absolute Gasteiger partial charge is 0.306 e. The van der Waals surface area contributed by atoms with Gasteiger partial charge in [0, 0.05) is 6.42 Å². The van der Waals surface area contributed by atoms with Gasteiger partial charge in [-0.25, -0.2) is 0 Å². The molecule has 0 saturated heterocycles. The number of carbonyl (C=O) groups is 2. The van der Waals surface area contributed by atoms with Gasteiger partial charge < -0.3 is 20.3 Å². The predicted octanol–water partition coefficient (Wildman–Crippen LogP) is 13.1. The quantitative estimate of drug-likeness (QED) is 0.0250. The summed E-state index contributed by atoms with van der Waals surface area (Å²) in [5, 5.41) is 23.6. The molecule has 0 aliphatic heterocycles.